The first-order valence-corrected chi connectivity index (χ1v) is 9.38. The molecule has 0 radical (unpaired) electrons. The number of rotatable bonds is 3. The van der Waals surface area contributed by atoms with E-state index in [9.17, 15) is 10.1 Å². The van der Waals surface area contributed by atoms with Gasteiger partial charge in [-0.05, 0) is 36.6 Å². The van der Waals surface area contributed by atoms with Crippen molar-refractivity contribution in [1.29, 1.82) is 5.26 Å². The molecule has 0 saturated carbocycles. The van der Waals surface area contributed by atoms with E-state index >= 15 is 0 Å². The summed E-state index contributed by atoms with van der Waals surface area (Å²) in [6.45, 7) is 2.70. The van der Waals surface area contributed by atoms with E-state index < -0.39 is 0 Å². The third-order valence-electron chi connectivity index (χ3n) is 4.25. The zero-order valence-corrected chi connectivity index (χ0v) is 14.9. The van der Waals surface area contributed by atoms with Crippen LogP contribution in [0.5, 0.6) is 0 Å². The molecule has 1 aliphatic heterocycles. The zero-order valence-electron chi connectivity index (χ0n) is 14.1. The van der Waals surface area contributed by atoms with E-state index in [1.165, 1.54) is 0 Å². The predicted molar refractivity (Wildman–Crippen MR) is 102 cm³/mol. The highest BCUT2D eigenvalue weighted by Gasteiger charge is 2.22. The van der Waals surface area contributed by atoms with Crippen molar-refractivity contribution in [3.63, 3.8) is 0 Å². The van der Waals surface area contributed by atoms with Crippen molar-refractivity contribution in [2.45, 2.75) is 4.90 Å². The Kier molecular flexibility index (Phi) is 5.46. The lowest BCUT2D eigenvalue weighted by molar-refractivity contribution is 0.208. The van der Waals surface area contributed by atoms with Crippen molar-refractivity contribution in [3.05, 3.63) is 54.1 Å². The van der Waals surface area contributed by atoms with E-state index in [4.69, 9.17) is 0 Å². The number of nitriles is 1. The van der Waals surface area contributed by atoms with Crippen LogP contribution in [0.1, 0.15) is 5.56 Å². The lowest BCUT2D eigenvalue weighted by atomic mass is 10.1. The average Bonchev–Trinajstić information content (AvgIpc) is 2.68. The molecule has 2 aromatic rings. The molecular formula is C19H20N4OS. The number of hydrogen-bond acceptors (Lipinski definition) is 4. The topological polar surface area (TPSA) is 59.4 Å². The molecule has 0 bridgehead atoms. The molecule has 0 atom stereocenters. The summed E-state index contributed by atoms with van der Waals surface area (Å²) in [5, 5.41) is 12.2. The monoisotopic (exact) mass is 352 g/mol. The first-order chi connectivity index (χ1) is 12.2. The van der Waals surface area contributed by atoms with Crippen molar-refractivity contribution in [2.75, 3.05) is 42.7 Å². The molecule has 6 heteroatoms. The largest absolute Gasteiger partial charge is 0.367 e. The molecular weight excluding hydrogens is 332 g/mol. The summed E-state index contributed by atoms with van der Waals surface area (Å²) in [5.74, 6) is 0. The van der Waals surface area contributed by atoms with Crippen LogP contribution in [-0.4, -0.2) is 43.4 Å². The van der Waals surface area contributed by atoms with Crippen molar-refractivity contribution in [1.82, 2.24) is 4.90 Å². The van der Waals surface area contributed by atoms with E-state index in [0.717, 1.165) is 29.4 Å². The third kappa shape index (κ3) is 4.06. The van der Waals surface area contributed by atoms with E-state index in [1.807, 2.05) is 59.7 Å². The van der Waals surface area contributed by atoms with Crippen LogP contribution in [0.4, 0.5) is 16.2 Å². The second-order valence-corrected chi connectivity index (χ2v) is 6.64. The Morgan fingerprint density at radius 3 is 2.60 bits per heavy atom. The Bertz CT molecular complexity index is 794. The van der Waals surface area contributed by atoms with Crippen molar-refractivity contribution in [3.8, 4) is 6.07 Å². The molecule has 2 amide bonds. The van der Waals surface area contributed by atoms with Gasteiger partial charge in [-0.2, -0.15) is 5.26 Å². The smallest absolute Gasteiger partial charge is 0.321 e. The highest BCUT2D eigenvalue weighted by molar-refractivity contribution is 7.98. The standard InChI is InChI=1S/C19H20N4OS/c1-25-17-7-4-6-16(13-17)21-19(24)23-11-9-22(10-12-23)18-8-3-2-5-15(18)14-20/h2-8,13H,9-12H2,1H3,(H,21,24). The molecule has 0 spiro atoms. The molecule has 0 unspecified atom stereocenters. The molecule has 1 saturated heterocycles. The van der Waals surface area contributed by atoms with Crippen LogP contribution in [0.25, 0.3) is 0 Å². The molecule has 3 rings (SSSR count). The first kappa shape index (κ1) is 17.2. The van der Waals surface area contributed by atoms with Crippen LogP contribution in [0.15, 0.2) is 53.4 Å². The van der Waals surface area contributed by atoms with Crippen LogP contribution >= 0.6 is 11.8 Å². The van der Waals surface area contributed by atoms with Crippen LogP contribution in [0.3, 0.4) is 0 Å². The van der Waals surface area contributed by atoms with Gasteiger partial charge in [-0.25, -0.2) is 4.79 Å². The van der Waals surface area contributed by atoms with Crippen LogP contribution in [0, 0.1) is 11.3 Å². The third-order valence-corrected chi connectivity index (χ3v) is 4.98. The Morgan fingerprint density at radius 1 is 1.12 bits per heavy atom. The number of nitrogens with one attached hydrogen (secondary N) is 1. The Hall–Kier alpha value is -2.65. The normalized spacial score (nSPS) is 14.1. The number of thioether (sulfide) groups is 1. The first-order valence-electron chi connectivity index (χ1n) is 8.15. The average molecular weight is 352 g/mol. The Labute approximate surface area is 152 Å². The SMILES string of the molecule is CSc1cccc(NC(=O)N2CCN(c3ccccc3C#N)CC2)c1. The molecule has 1 fully saturated rings. The second kappa shape index (κ2) is 7.95. The molecule has 1 aliphatic rings. The zero-order chi connectivity index (χ0) is 17.6. The van der Waals surface area contributed by atoms with Crippen molar-refractivity contribution in [2.24, 2.45) is 0 Å². The number of benzene rings is 2. The minimum Gasteiger partial charge on any atom is -0.367 e. The van der Waals surface area contributed by atoms with E-state index in [-0.39, 0.29) is 6.03 Å². The van der Waals surface area contributed by atoms with E-state index in [1.54, 1.807) is 11.8 Å². The molecule has 25 heavy (non-hydrogen) atoms. The fraction of sp³-hybridized carbons (Fsp3) is 0.263. The lowest BCUT2D eigenvalue weighted by Crippen LogP contribution is -2.50. The fourth-order valence-corrected chi connectivity index (χ4v) is 3.36. The number of carbonyl (C=O) groups excluding carboxylic acids is 1. The van der Waals surface area contributed by atoms with Gasteiger partial charge in [0.25, 0.3) is 0 Å². The number of nitrogens with zero attached hydrogens (tertiary/aromatic N) is 3. The summed E-state index contributed by atoms with van der Waals surface area (Å²) in [5.41, 5.74) is 2.43. The predicted octanol–water partition coefficient (Wildman–Crippen LogP) is 3.63. The summed E-state index contributed by atoms with van der Waals surface area (Å²) >= 11 is 1.65. The second-order valence-electron chi connectivity index (χ2n) is 5.77. The van der Waals surface area contributed by atoms with Crippen LogP contribution in [0.2, 0.25) is 0 Å². The molecule has 128 valence electrons. The summed E-state index contributed by atoms with van der Waals surface area (Å²) in [6.07, 6.45) is 2.01. The molecule has 1 heterocycles. The molecule has 2 aromatic carbocycles. The summed E-state index contributed by atoms with van der Waals surface area (Å²) < 4.78 is 0. The van der Waals surface area contributed by atoms with Gasteiger partial charge < -0.3 is 15.1 Å². The van der Waals surface area contributed by atoms with E-state index in [2.05, 4.69) is 16.3 Å². The van der Waals surface area contributed by atoms with Gasteiger partial charge in [-0.15, -0.1) is 11.8 Å². The minimum atomic E-state index is -0.0773. The molecule has 1 N–H and O–H groups in total. The number of para-hydroxylation sites is 1. The summed E-state index contributed by atoms with van der Waals surface area (Å²) in [7, 11) is 0. The molecule has 0 aliphatic carbocycles. The van der Waals surface area contributed by atoms with Crippen molar-refractivity contribution >= 4 is 29.2 Å². The van der Waals surface area contributed by atoms with Gasteiger partial charge in [-0.1, -0.05) is 18.2 Å². The number of anilines is 2. The summed E-state index contributed by atoms with van der Waals surface area (Å²) in [6, 6.07) is 17.6. The maximum absolute atomic E-state index is 12.5. The lowest BCUT2D eigenvalue weighted by Gasteiger charge is -2.36. The highest BCUT2D eigenvalue weighted by Crippen LogP contribution is 2.22. The van der Waals surface area contributed by atoms with Gasteiger partial charge in [0, 0.05) is 36.8 Å². The van der Waals surface area contributed by atoms with Crippen LogP contribution in [-0.2, 0) is 0 Å². The minimum absolute atomic E-state index is 0.0773. The van der Waals surface area contributed by atoms with Gasteiger partial charge in [0.1, 0.15) is 6.07 Å². The fourth-order valence-electron chi connectivity index (χ4n) is 2.90. The van der Waals surface area contributed by atoms with Crippen LogP contribution < -0.4 is 10.2 Å². The van der Waals surface area contributed by atoms with Gasteiger partial charge >= 0.3 is 6.03 Å². The quantitative estimate of drug-likeness (QED) is 0.857. The van der Waals surface area contributed by atoms with Gasteiger partial charge in [0.15, 0.2) is 0 Å². The van der Waals surface area contributed by atoms with E-state index in [0.29, 0.717) is 18.7 Å². The Morgan fingerprint density at radius 2 is 1.88 bits per heavy atom. The van der Waals surface area contributed by atoms with Crippen molar-refractivity contribution < 1.29 is 4.79 Å². The van der Waals surface area contributed by atoms with Gasteiger partial charge in [0.2, 0.25) is 0 Å². The molecule has 0 aromatic heterocycles. The number of carbonyl (C=O) groups is 1. The number of hydrogen-bond donors (Lipinski definition) is 1. The van der Waals surface area contributed by atoms with Gasteiger partial charge in [-0.3, -0.25) is 0 Å². The Balaban J connectivity index is 1.60. The van der Waals surface area contributed by atoms with Gasteiger partial charge in [0.05, 0.1) is 11.3 Å². The molecule has 5 nitrogen and oxygen atoms in total. The number of urea groups is 1. The maximum Gasteiger partial charge on any atom is 0.321 e. The maximum atomic E-state index is 12.5. The highest BCUT2D eigenvalue weighted by atomic mass is 32.2. The number of amides is 2. The summed E-state index contributed by atoms with van der Waals surface area (Å²) in [4.78, 5) is 17.6. The number of piperazine rings is 1.